The lowest BCUT2D eigenvalue weighted by Crippen LogP contribution is -2.50. The van der Waals surface area contributed by atoms with Crippen molar-refractivity contribution in [2.24, 2.45) is 0 Å². The Kier molecular flexibility index (Phi) is 12.2. The molecular formula is C19H36O6Si. The van der Waals surface area contributed by atoms with Crippen LogP contribution in [0.25, 0.3) is 0 Å². The maximum atomic E-state index is 5.97. The first kappa shape index (κ1) is 25.2. The van der Waals surface area contributed by atoms with Crippen LogP contribution in [0.3, 0.4) is 0 Å². The minimum atomic E-state index is -3.12. The average Bonchev–Trinajstić information content (AvgIpc) is 2.48. The van der Waals surface area contributed by atoms with E-state index in [4.69, 9.17) is 27.5 Å². The molecule has 6 nitrogen and oxygen atoms in total. The maximum absolute atomic E-state index is 5.97. The molecule has 3 atom stereocenters. The molecule has 0 saturated carbocycles. The minimum Gasteiger partial charge on any atom is -0.350 e. The van der Waals surface area contributed by atoms with E-state index in [9.17, 15) is 0 Å². The molecule has 0 saturated heterocycles. The van der Waals surface area contributed by atoms with E-state index in [1.807, 2.05) is 20.8 Å². The summed E-state index contributed by atoms with van der Waals surface area (Å²) in [4.78, 5) is 0. The second-order valence-electron chi connectivity index (χ2n) is 6.72. The van der Waals surface area contributed by atoms with Crippen molar-refractivity contribution >= 4 is 8.80 Å². The van der Waals surface area contributed by atoms with Crippen LogP contribution in [0, 0.1) is 0 Å². The van der Waals surface area contributed by atoms with Gasteiger partial charge in [0.2, 0.25) is 0 Å². The van der Waals surface area contributed by atoms with Gasteiger partial charge in [-0.15, -0.1) is 0 Å². The van der Waals surface area contributed by atoms with E-state index < -0.39 is 27.7 Å². The lowest BCUT2D eigenvalue weighted by molar-refractivity contribution is -0.171. The highest BCUT2D eigenvalue weighted by atomic mass is 28.4. The third-order valence-electron chi connectivity index (χ3n) is 2.83. The van der Waals surface area contributed by atoms with Gasteiger partial charge in [0.1, 0.15) is 18.9 Å². The topological polar surface area (TPSA) is 55.4 Å². The van der Waals surface area contributed by atoms with E-state index in [-0.39, 0.29) is 0 Å². The third-order valence-corrected chi connectivity index (χ3v) is 5.11. The summed E-state index contributed by atoms with van der Waals surface area (Å²) in [5, 5.41) is 0. The molecule has 0 aliphatic rings. The summed E-state index contributed by atoms with van der Waals surface area (Å²) in [5.41, 5.74) is 2.71. The zero-order valence-corrected chi connectivity index (χ0v) is 18.4. The van der Waals surface area contributed by atoms with Crippen molar-refractivity contribution in [3.8, 4) is 0 Å². The van der Waals surface area contributed by atoms with E-state index in [2.05, 4.69) is 19.7 Å². The Morgan fingerprint density at radius 2 is 0.885 bits per heavy atom. The number of hydrogen-bond donors (Lipinski definition) is 0. The van der Waals surface area contributed by atoms with Gasteiger partial charge in [-0.3, -0.25) is 0 Å². The van der Waals surface area contributed by atoms with Crippen LogP contribution < -0.4 is 0 Å². The molecule has 0 bridgehead atoms. The summed E-state index contributed by atoms with van der Waals surface area (Å²) >= 11 is 0. The van der Waals surface area contributed by atoms with Crippen LogP contribution in [0.4, 0.5) is 0 Å². The number of rotatable bonds is 15. The second-order valence-corrected chi connectivity index (χ2v) is 9.15. The monoisotopic (exact) mass is 388 g/mol. The van der Waals surface area contributed by atoms with E-state index in [1.165, 1.54) is 0 Å². The highest BCUT2D eigenvalue weighted by Gasteiger charge is 2.41. The second kappa shape index (κ2) is 12.6. The summed E-state index contributed by atoms with van der Waals surface area (Å²) in [5.74, 6) is 0. The van der Waals surface area contributed by atoms with Crippen molar-refractivity contribution < 1.29 is 27.5 Å². The van der Waals surface area contributed by atoms with Gasteiger partial charge in [0.25, 0.3) is 0 Å². The Morgan fingerprint density at radius 3 is 1.08 bits per heavy atom. The van der Waals surface area contributed by atoms with Gasteiger partial charge in [-0.25, -0.2) is 0 Å². The third kappa shape index (κ3) is 13.4. The summed E-state index contributed by atoms with van der Waals surface area (Å²) < 4.78 is 34.7. The molecule has 0 aliphatic heterocycles. The number of ether oxygens (including phenoxy) is 3. The molecule has 0 aliphatic carbocycles. The predicted octanol–water partition coefficient (Wildman–Crippen LogP) is 4.42. The molecule has 7 heteroatoms. The van der Waals surface area contributed by atoms with Crippen LogP contribution >= 0.6 is 0 Å². The fourth-order valence-corrected chi connectivity index (χ4v) is 4.05. The lowest BCUT2D eigenvalue weighted by atomic mass is 10.4. The molecule has 0 N–H and O–H groups in total. The van der Waals surface area contributed by atoms with E-state index >= 15 is 0 Å². The van der Waals surface area contributed by atoms with Crippen LogP contribution in [-0.4, -0.2) is 47.5 Å². The molecule has 0 radical (unpaired) electrons. The maximum Gasteiger partial charge on any atom is 0.503 e. The molecule has 26 heavy (non-hydrogen) atoms. The molecule has 0 aromatic carbocycles. The van der Waals surface area contributed by atoms with Gasteiger partial charge in [-0.2, -0.15) is 0 Å². The van der Waals surface area contributed by atoms with Gasteiger partial charge in [0.15, 0.2) is 0 Å². The van der Waals surface area contributed by atoms with E-state index in [0.29, 0.717) is 19.8 Å². The molecule has 0 fully saturated rings. The van der Waals surface area contributed by atoms with Crippen LogP contribution in [-0.2, 0) is 27.5 Å². The van der Waals surface area contributed by atoms with E-state index in [1.54, 1.807) is 27.3 Å². The Hall–Kier alpha value is -0.803. The lowest BCUT2D eigenvalue weighted by Gasteiger charge is -2.33. The quantitative estimate of drug-likeness (QED) is 0.235. The Labute approximate surface area is 160 Å². The van der Waals surface area contributed by atoms with Gasteiger partial charge < -0.3 is 27.5 Å². The van der Waals surface area contributed by atoms with Crippen molar-refractivity contribution in [3.05, 3.63) is 36.5 Å². The largest absolute Gasteiger partial charge is 0.503 e. The van der Waals surface area contributed by atoms with Crippen molar-refractivity contribution in [3.63, 3.8) is 0 Å². The first-order chi connectivity index (χ1) is 11.9. The van der Waals surface area contributed by atoms with Crippen molar-refractivity contribution in [2.75, 3.05) is 19.8 Å². The molecule has 0 heterocycles. The van der Waals surface area contributed by atoms with Gasteiger partial charge in [0, 0.05) is 6.55 Å². The standard InChI is InChI=1S/C19H36O6Si/c1-14(2)11-20-17(7)23-26(10,24-18(8)21-12-15(3)4)25-19(9)22-13-16(5)6/h17-19H,1,3,5,11-13H2,2,4,6-10H3. The Balaban J connectivity index is 4.89. The summed E-state index contributed by atoms with van der Waals surface area (Å²) in [6.45, 7) is 25.5. The average molecular weight is 389 g/mol. The summed E-state index contributed by atoms with van der Waals surface area (Å²) in [7, 11) is -3.12. The molecule has 0 aromatic heterocycles. The molecule has 0 spiro atoms. The molecule has 0 aromatic rings. The molecule has 3 unspecified atom stereocenters. The van der Waals surface area contributed by atoms with Gasteiger partial charge in [-0.1, -0.05) is 36.5 Å². The van der Waals surface area contributed by atoms with Crippen LogP contribution in [0.2, 0.25) is 6.55 Å². The highest BCUT2D eigenvalue weighted by Crippen LogP contribution is 2.19. The van der Waals surface area contributed by atoms with E-state index in [0.717, 1.165) is 16.7 Å². The summed E-state index contributed by atoms with van der Waals surface area (Å²) in [6.07, 6.45) is -1.57. The zero-order chi connectivity index (χ0) is 20.3. The van der Waals surface area contributed by atoms with Crippen molar-refractivity contribution in [2.45, 2.75) is 67.0 Å². The first-order valence-electron chi connectivity index (χ1n) is 8.75. The number of hydrogen-bond acceptors (Lipinski definition) is 6. The van der Waals surface area contributed by atoms with Crippen LogP contribution in [0.15, 0.2) is 36.5 Å². The van der Waals surface area contributed by atoms with Crippen molar-refractivity contribution in [1.29, 1.82) is 0 Å². The molecule has 152 valence electrons. The summed E-state index contributed by atoms with van der Waals surface area (Å²) in [6, 6.07) is 0. The van der Waals surface area contributed by atoms with Crippen LogP contribution in [0.1, 0.15) is 41.5 Å². The molecule has 0 rings (SSSR count). The van der Waals surface area contributed by atoms with Gasteiger partial charge in [-0.05, 0) is 41.5 Å². The van der Waals surface area contributed by atoms with Gasteiger partial charge >= 0.3 is 8.80 Å². The smallest absolute Gasteiger partial charge is 0.350 e. The zero-order valence-electron chi connectivity index (χ0n) is 17.4. The van der Waals surface area contributed by atoms with Crippen molar-refractivity contribution in [1.82, 2.24) is 0 Å². The highest BCUT2D eigenvalue weighted by molar-refractivity contribution is 6.59. The molecular weight excluding hydrogens is 352 g/mol. The Morgan fingerprint density at radius 1 is 0.654 bits per heavy atom. The SMILES string of the molecule is C=C(C)COC(C)O[Si](C)(OC(C)OCC(=C)C)OC(C)OCC(=C)C. The normalized spacial score (nSPS) is 17.2. The first-order valence-corrected chi connectivity index (χ1v) is 11.0. The van der Waals surface area contributed by atoms with Gasteiger partial charge in [0.05, 0.1) is 19.8 Å². The van der Waals surface area contributed by atoms with Crippen LogP contribution in [0.5, 0.6) is 0 Å². The fourth-order valence-electron chi connectivity index (χ4n) is 1.87. The molecule has 0 amide bonds. The minimum absolute atomic E-state index is 0.398. The fraction of sp³-hybridized carbons (Fsp3) is 0.684. The predicted molar refractivity (Wildman–Crippen MR) is 106 cm³/mol. The Bertz CT molecular complexity index is 400.